The first-order chi connectivity index (χ1) is 15.4. The smallest absolute Gasteiger partial charge is 0.253 e. The molecule has 1 N–H and O–H groups in total. The van der Waals surface area contributed by atoms with E-state index in [9.17, 15) is 18.0 Å². The predicted molar refractivity (Wildman–Crippen MR) is 123 cm³/mol. The molecule has 0 radical (unpaired) electrons. The summed E-state index contributed by atoms with van der Waals surface area (Å²) in [6, 6.07) is 19.3. The molecule has 3 aromatic rings. The molecule has 1 fully saturated rings. The van der Waals surface area contributed by atoms with E-state index in [1.807, 2.05) is 24.3 Å². The number of carbonyl (C=O) groups is 2. The Kier molecular flexibility index (Phi) is 6.45. The molecule has 0 spiro atoms. The minimum absolute atomic E-state index is 0.179. The van der Waals surface area contributed by atoms with E-state index >= 15 is 0 Å². The van der Waals surface area contributed by atoms with E-state index in [-0.39, 0.29) is 43.5 Å². The van der Waals surface area contributed by atoms with Crippen molar-refractivity contribution in [2.75, 3.05) is 32.7 Å². The van der Waals surface area contributed by atoms with Gasteiger partial charge in [0.05, 0.1) is 22.0 Å². The highest BCUT2D eigenvalue weighted by atomic mass is 35.5. The van der Waals surface area contributed by atoms with Crippen LogP contribution in [0.3, 0.4) is 0 Å². The lowest BCUT2D eigenvalue weighted by atomic mass is 10.1. The van der Waals surface area contributed by atoms with Gasteiger partial charge in [0, 0.05) is 26.2 Å². The fourth-order valence-corrected chi connectivity index (χ4v) is 5.34. The third-order valence-electron chi connectivity index (χ3n) is 5.47. The zero-order valence-corrected chi connectivity index (χ0v) is 18.8. The average Bonchev–Trinajstić information content (AvgIpc) is 2.82. The van der Waals surface area contributed by atoms with Gasteiger partial charge < -0.3 is 10.2 Å². The maximum atomic E-state index is 13.1. The molecule has 1 aliphatic heterocycles. The second-order valence-corrected chi connectivity index (χ2v) is 9.80. The Morgan fingerprint density at radius 2 is 1.53 bits per heavy atom. The summed E-state index contributed by atoms with van der Waals surface area (Å²) >= 11 is 6.01. The van der Waals surface area contributed by atoms with E-state index in [0.29, 0.717) is 10.6 Å². The molecule has 166 valence electrons. The number of carbonyl (C=O) groups excluding carboxylic acids is 2. The van der Waals surface area contributed by atoms with Crippen LogP contribution in [-0.2, 0) is 14.8 Å². The number of benzene rings is 3. The number of hydrogen-bond donors (Lipinski definition) is 1. The molecule has 0 atom stereocenters. The predicted octanol–water partition coefficient (Wildman–Crippen LogP) is 2.76. The highest BCUT2D eigenvalue weighted by molar-refractivity contribution is 7.89. The van der Waals surface area contributed by atoms with Gasteiger partial charge in [0.15, 0.2) is 0 Å². The number of halogens is 1. The summed E-state index contributed by atoms with van der Waals surface area (Å²) in [5.74, 6) is -0.699. The number of piperazine rings is 1. The molecule has 2 amide bonds. The topological polar surface area (TPSA) is 86.8 Å². The van der Waals surface area contributed by atoms with Crippen molar-refractivity contribution >= 4 is 44.2 Å². The average molecular weight is 472 g/mol. The van der Waals surface area contributed by atoms with Crippen molar-refractivity contribution in [2.24, 2.45) is 0 Å². The lowest BCUT2D eigenvalue weighted by Gasteiger charge is -2.34. The quantitative estimate of drug-likeness (QED) is 0.620. The molecule has 32 heavy (non-hydrogen) atoms. The van der Waals surface area contributed by atoms with Gasteiger partial charge in [-0.2, -0.15) is 4.31 Å². The molecule has 7 nitrogen and oxygen atoms in total. The minimum atomic E-state index is -3.66. The van der Waals surface area contributed by atoms with Crippen LogP contribution in [0, 0.1) is 0 Å². The largest absolute Gasteiger partial charge is 0.343 e. The standard InChI is InChI=1S/C23H22ClN3O4S/c24-21-8-4-3-7-20(21)23(29)25-16-22(28)26-11-13-27(14-12-26)32(30,31)19-10-9-17-5-1-2-6-18(17)15-19/h1-10,15H,11-14,16H2,(H,25,29). The van der Waals surface area contributed by atoms with E-state index in [4.69, 9.17) is 11.6 Å². The van der Waals surface area contributed by atoms with E-state index in [1.54, 1.807) is 47.4 Å². The molecule has 0 aromatic heterocycles. The molecular formula is C23H22ClN3O4S. The summed E-state index contributed by atoms with van der Waals surface area (Å²) in [5, 5.41) is 4.72. The van der Waals surface area contributed by atoms with Crippen LogP contribution in [0.15, 0.2) is 71.6 Å². The molecular weight excluding hydrogens is 450 g/mol. The molecule has 1 saturated heterocycles. The van der Waals surface area contributed by atoms with E-state index < -0.39 is 15.9 Å². The van der Waals surface area contributed by atoms with Gasteiger partial charge in [-0.1, -0.05) is 54.1 Å². The van der Waals surface area contributed by atoms with E-state index in [0.717, 1.165) is 10.8 Å². The van der Waals surface area contributed by atoms with Crippen LogP contribution >= 0.6 is 11.6 Å². The monoisotopic (exact) mass is 471 g/mol. The van der Waals surface area contributed by atoms with Crippen molar-refractivity contribution in [3.8, 4) is 0 Å². The van der Waals surface area contributed by atoms with Gasteiger partial charge in [-0.15, -0.1) is 0 Å². The molecule has 1 aliphatic rings. The van der Waals surface area contributed by atoms with Gasteiger partial charge in [0.2, 0.25) is 15.9 Å². The number of amides is 2. The Balaban J connectivity index is 1.35. The third kappa shape index (κ3) is 4.62. The molecule has 0 unspecified atom stereocenters. The van der Waals surface area contributed by atoms with Crippen molar-refractivity contribution in [1.82, 2.24) is 14.5 Å². The highest BCUT2D eigenvalue weighted by Gasteiger charge is 2.30. The first-order valence-electron chi connectivity index (χ1n) is 10.2. The van der Waals surface area contributed by atoms with Crippen LogP contribution in [0.25, 0.3) is 10.8 Å². The molecule has 0 aliphatic carbocycles. The van der Waals surface area contributed by atoms with Crippen LogP contribution in [0.1, 0.15) is 10.4 Å². The van der Waals surface area contributed by atoms with Gasteiger partial charge in [-0.25, -0.2) is 8.42 Å². The van der Waals surface area contributed by atoms with Crippen LogP contribution in [0.4, 0.5) is 0 Å². The first kappa shape index (κ1) is 22.3. The number of rotatable bonds is 5. The number of sulfonamides is 1. The second-order valence-electron chi connectivity index (χ2n) is 7.46. The van der Waals surface area contributed by atoms with Gasteiger partial charge >= 0.3 is 0 Å². The van der Waals surface area contributed by atoms with Crippen LogP contribution in [-0.4, -0.2) is 62.2 Å². The van der Waals surface area contributed by atoms with Gasteiger partial charge in [-0.05, 0) is 35.0 Å². The maximum absolute atomic E-state index is 13.1. The van der Waals surface area contributed by atoms with Crippen LogP contribution < -0.4 is 5.32 Å². The summed E-state index contributed by atoms with van der Waals surface area (Å²) in [7, 11) is -3.66. The van der Waals surface area contributed by atoms with Crippen molar-refractivity contribution in [3.63, 3.8) is 0 Å². The fraction of sp³-hybridized carbons (Fsp3) is 0.217. The van der Waals surface area contributed by atoms with Crippen molar-refractivity contribution in [2.45, 2.75) is 4.90 Å². The third-order valence-corrected chi connectivity index (χ3v) is 7.69. The first-order valence-corrected chi connectivity index (χ1v) is 12.0. The van der Waals surface area contributed by atoms with Crippen LogP contribution in [0.2, 0.25) is 5.02 Å². The number of nitrogens with one attached hydrogen (secondary N) is 1. The zero-order chi connectivity index (χ0) is 22.7. The molecule has 0 saturated carbocycles. The lowest BCUT2D eigenvalue weighted by Crippen LogP contribution is -2.52. The lowest BCUT2D eigenvalue weighted by molar-refractivity contribution is -0.131. The van der Waals surface area contributed by atoms with Crippen molar-refractivity contribution in [1.29, 1.82) is 0 Å². The molecule has 9 heteroatoms. The SMILES string of the molecule is O=C(NCC(=O)N1CCN(S(=O)(=O)c2ccc3ccccc3c2)CC1)c1ccccc1Cl. The molecule has 0 bridgehead atoms. The van der Waals surface area contributed by atoms with Crippen LogP contribution in [0.5, 0.6) is 0 Å². The maximum Gasteiger partial charge on any atom is 0.253 e. The Labute approximate surface area is 191 Å². The Morgan fingerprint density at radius 1 is 0.875 bits per heavy atom. The molecule has 1 heterocycles. The normalized spacial score (nSPS) is 15.0. The number of nitrogens with zero attached hydrogens (tertiary/aromatic N) is 2. The molecule has 4 rings (SSSR count). The minimum Gasteiger partial charge on any atom is -0.343 e. The summed E-state index contributed by atoms with van der Waals surface area (Å²) in [6.45, 7) is 0.724. The highest BCUT2D eigenvalue weighted by Crippen LogP contribution is 2.23. The molecule has 3 aromatic carbocycles. The summed E-state index contributed by atoms with van der Waals surface area (Å²) in [5.41, 5.74) is 0.299. The Hall–Kier alpha value is -2.94. The summed E-state index contributed by atoms with van der Waals surface area (Å²) in [6.07, 6.45) is 0. The van der Waals surface area contributed by atoms with Crippen molar-refractivity contribution < 1.29 is 18.0 Å². The van der Waals surface area contributed by atoms with E-state index in [1.165, 1.54) is 4.31 Å². The van der Waals surface area contributed by atoms with Gasteiger partial charge in [-0.3, -0.25) is 9.59 Å². The fourth-order valence-electron chi connectivity index (χ4n) is 3.66. The Morgan fingerprint density at radius 3 is 2.25 bits per heavy atom. The van der Waals surface area contributed by atoms with E-state index in [2.05, 4.69) is 5.32 Å². The number of hydrogen-bond acceptors (Lipinski definition) is 4. The summed E-state index contributed by atoms with van der Waals surface area (Å²) in [4.78, 5) is 26.5. The zero-order valence-electron chi connectivity index (χ0n) is 17.2. The van der Waals surface area contributed by atoms with Gasteiger partial charge in [0.25, 0.3) is 5.91 Å². The number of fused-ring (bicyclic) bond motifs is 1. The van der Waals surface area contributed by atoms with Gasteiger partial charge in [0.1, 0.15) is 0 Å². The second kappa shape index (κ2) is 9.28. The van der Waals surface area contributed by atoms with Crippen molar-refractivity contribution in [3.05, 3.63) is 77.3 Å². The Bertz CT molecular complexity index is 1270. The summed E-state index contributed by atoms with van der Waals surface area (Å²) < 4.78 is 27.5.